The van der Waals surface area contributed by atoms with Crippen molar-refractivity contribution in [2.45, 2.75) is 32.4 Å². The zero-order valence-corrected chi connectivity index (χ0v) is 17.2. The SMILES string of the molecule is Cc1ccc(CN2c3ccsc3C(=O)C(=CNCC3CCCO3)S2(=O)=O)cc1. The number of ketones is 1. The lowest BCUT2D eigenvalue weighted by atomic mass is 10.1. The molecule has 1 atom stereocenters. The molecule has 0 spiro atoms. The van der Waals surface area contributed by atoms with Crippen molar-refractivity contribution in [1.29, 1.82) is 0 Å². The highest BCUT2D eigenvalue weighted by atomic mass is 32.2. The fourth-order valence-electron chi connectivity index (χ4n) is 3.40. The van der Waals surface area contributed by atoms with E-state index in [-0.39, 0.29) is 17.6 Å². The number of aryl methyl sites for hydroxylation is 1. The highest BCUT2D eigenvalue weighted by Crippen LogP contribution is 2.39. The number of anilines is 1. The molecule has 6 nitrogen and oxygen atoms in total. The maximum absolute atomic E-state index is 13.3. The Balaban J connectivity index is 1.64. The van der Waals surface area contributed by atoms with Crippen LogP contribution in [-0.4, -0.2) is 33.5 Å². The van der Waals surface area contributed by atoms with Gasteiger partial charge in [0.1, 0.15) is 4.88 Å². The third-order valence-electron chi connectivity index (χ3n) is 4.96. The fraction of sp³-hybridized carbons (Fsp3) is 0.350. The molecule has 1 aromatic heterocycles. The number of nitrogens with zero attached hydrogens (tertiary/aromatic N) is 1. The first-order valence-corrected chi connectivity index (χ1v) is 11.5. The van der Waals surface area contributed by atoms with Gasteiger partial charge in [0.2, 0.25) is 5.78 Å². The van der Waals surface area contributed by atoms with Crippen molar-refractivity contribution in [2.75, 3.05) is 17.5 Å². The summed E-state index contributed by atoms with van der Waals surface area (Å²) in [6.07, 6.45) is 3.33. The molecule has 4 rings (SSSR count). The molecule has 2 aliphatic heterocycles. The number of allylic oxidation sites excluding steroid dienone is 1. The lowest BCUT2D eigenvalue weighted by molar-refractivity contribution is 0.104. The molecule has 1 fully saturated rings. The Morgan fingerprint density at radius 1 is 1.29 bits per heavy atom. The molecule has 0 saturated carbocycles. The zero-order valence-electron chi connectivity index (χ0n) is 15.6. The number of hydrogen-bond acceptors (Lipinski definition) is 6. The van der Waals surface area contributed by atoms with Crippen LogP contribution in [0.4, 0.5) is 5.69 Å². The van der Waals surface area contributed by atoms with Crippen LogP contribution in [0.5, 0.6) is 0 Å². The summed E-state index contributed by atoms with van der Waals surface area (Å²) < 4.78 is 33.4. The number of rotatable bonds is 5. The van der Waals surface area contributed by atoms with Crippen molar-refractivity contribution in [3.63, 3.8) is 0 Å². The Hall–Kier alpha value is -2.16. The van der Waals surface area contributed by atoms with E-state index < -0.39 is 15.8 Å². The monoisotopic (exact) mass is 418 g/mol. The largest absolute Gasteiger partial charge is 0.387 e. The van der Waals surface area contributed by atoms with E-state index >= 15 is 0 Å². The van der Waals surface area contributed by atoms with Gasteiger partial charge in [-0.3, -0.25) is 9.10 Å². The van der Waals surface area contributed by atoms with Gasteiger partial charge in [-0.2, -0.15) is 0 Å². The normalized spacial score (nSPS) is 22.5. The van der Waals surface area contributed by atoms with E-state index in [2.05, 4.69) is 5.32 Å². The summed E-state index contributed by atoms with van der Waals surface area (Å²) in [6, 6.07) is 9.41. The second-order valence-electron chi connectivity index (χ2n) is 7.01. The van der Waals surface area contributed by atoms with E-state index in [9.17, 15) is 13.2 Å². The van der Waals surface area contributed by atoms with Crippen molar-refractivity contribution >= 4 is 32.8 Å². The average molecular weight is 419 g/mol. The minimum absolute atomic E-state index is 0.0548. The highest BCUT2D eigenvalue weighted by Gasteiger charge is 2.41. The summed E-state index contributed by atoms with van der Waals surface area (Å²) in [6.45, 7) is 3.38. The molecule has 28 heavy (non-hydrogen) atoms. The van der Waals surface area contributed by atoms with Crippen LogP contribution in [0.15, 0.2) is 46.8 Å². The van der Waals surface area contributed by atoms with Gasteiger partial charge in [0.05, 0.1) is 18.3 Å². The van der Waals surface area contributed by atoms with Gasteiger partial charge in [0.25, 0.3) is 10.0 Å². The zero-order chi connectivity index (χ0) is 19.7. The summed E-state index contributed by atoms with van der Waals surface area (Å²) >= 11 is 1.26. The summed E-state index contributed by atoms with van der Waals surface area (Å²) in [5.41, 5.74) is 2.43. The first-order valence-electron chi connectivity index (χ1n) is 9.22. The maximum Gasteiger partial charge on any atom is 0.270 e. The number of thiophene rings is 1. The third kappa shape index (κ3) is 3.59. The molecular formula is C20H22N2O4S2. The van der Waals surface area contributed by atoms with Crippen LogP contribution in [0.1, 0.15) is 33.6 Å². The molecule has 1 N–H and O–H groups in total. The van der Waals surface area contributed by atoms with E-state index in [4.69, 9.17) is 4.74 Å². The number of sulfonamides is 1. The van der Waals surface area contributed by atoms with Crippen LogP contribution in [0.2, 0.25) is 0 Å². The molecular weight excluding hydrogens is 396 g/mol. The minimum atomic E-state index is -3.95. The van der Waals surface area contributed by atoms with Gasteiger partial charge in [-0.15, -0.1) is 11.3 Å². The second kappa shape index (κ2) is 7.69. The molecule has 0 amide bonds. The second-order valence-corrected chi connectivity index (χ2v) is 9.76. The number of ether oxygens (including phenoxy) is 1. The number of carbonyl (C=O) groups is 1. The van der Waals surface area contributed by atoms with E-state index in [1.165, 1.54) is 21.8 Å². The van der Waals surface area contributed by atoms with Crippen LogP contribution in [0.25, 0.3) is 0 Å². The predicted molar refractivity (Wildman–Crippen MR) is 110 cm³/mol. The molecule has 0 radical (unpaired) electrons. The Morgan fingerprint density at radius 2 is 2.07 bits per heavy atom. The van der Waals surface area contributed by atoms with E-state index in [0.717, 1.165) is 30.6 Å². The number of hydrogen-bond donors (Lipinski definition) is 1. The molecule has 3 heterocycles. The smallest absolute Gasteiger partial charge is 0.270 e. The molecule has 0 aliphatic carbocycles. The van der Waals surface area contributed by atoms with Gasteiger partial charge in [0.15, 0.2) is 4.91 Å². The van der Waals surface area contributed by atoms with Gasteiger partial charge in [-0.05, 0) is 36.8 Å². The van der Waals surface area contributed by atoms with Gasteiger partial charge in [0, 0.05) is 19.4 Å². The Morgan fingerprint density at radius 3 is 2.79 bits per heavy atom. The topological polar surface area (TPSA) is 75.7 Å². The fourth-order valence-corrected chi connectivity index (χ4v) is 5.91. The molecule has 0 bridgehead atoms. The van der Waals surface area contributed by atoms with Crippen molar-refractivity contribution < 1.29 is 17.9 Å². The van der Waals surface area contributed by atoms with Crippen LogP contribution >= 0.6 is 11.3 Å². The third-order valence-corrected chi connectivity index (χ3v) is 7.63. The van der Waals surface area contributed by atoms with E-state index in [1.807, 2.05) is 31.2 Å². The van der Waals surface area contributed by atoms with Crippen LogP contribution in [-0.2, 0) is 21.3 Å². The predicted octanol–water partition coefficient (Wildman–Crippen LogP) is 3.20. The molecule has 2 aromatic rings. The van der Waals surface area contributed by atoms with Crippen LogP contribution in [0, 0.1) is 6.92 Å². The highest BCUT2D eigenvalue weighted by molar-refractivity contribution is 7.97. The van der Waals surface area contributed by atoms with Gasteiger partial charge in [-0.1, -0.05) is 29.8 Å². The average Bonchev–Trinajstić information content (AvgIpc) is 3.35. The summed E-state index contributed by atoms with van der Waals surface area (Å²) in [5.74, 6) is -0.454. The van der Waals surface area contributed by atoms with Crippen LogP contribution < -0.4 is 9.62 Å². The number of carbonyl (C=O) groups excluding carboxylic acids is 1. The van der Waals surface area contributed by atoms with Crippen molar-refractivity contribution in [3.05, 3.63) is 62.8 Å². The molecule has 1 saturated heterocycles. The van der Waals surface area contributed by atoms with Crippen molar-refractivity contribution in [3.8, 4) is 0 Å². The van der Waals surface area contributed by atoms with Crippen molar-refractivity contribution in [2.24, 2.45) is 0 Å². The van der Waals surface area contributed by atoms with Gasteiger partial charge >= 0.3 is 0 Å². The van der Waals surface area contributed by atoms with Crippen LogP contribution in [0.3, 0.4) is 0 Å². The number of benzene rings is 1. The summed E-state index contributed by atoms with van der Waals surface area (Å²) in [5, 5.41) is 4.74. The summed E-state index contributed by atoms with van der Waals surface area (Å²) in [7, 11) is -3.95. The number of nitrogens with one attached hydrogen (secondary N) is 1. The Bertz CT molecular complexity index is 1000. The quantitative estimate of drug-likeness (QED) is 0.755. The minimum Gasteiger partial charge on any atom is -0.387 e. The van der Waals surface area contributed by atoms with Gasteiger partial charge < -0.3 is 10.1 Å². The molecule has 8 heteroatoms. The lowest BCUT2D eigenvalue weighted by Crippen LogP contribution is -2.39. The standard InChI is InChI=1S/C20H22N2O4S2/c1-14-4-6-15(7-5-14)13-22-17-8-10-27-20(17)19(23)18(28(22,24)25)12-21-11-16-3-2-9-26-16/h4-8,10,12,16,21H,2-3,9,11,13H2,1H3. The Labute approximate surface area is 168 Å². The first-order chi connectivity index (χ1) is 13.5. The molecule has 2 aliphatic rings. The lowest BCUT2D eigenvalue weighted by Gasteiger charge is -2.29. The maximum atomic E-state index is 13.3. The van der Waals surface area contributed by atoms with Gasteiger partial charge in [-0.25, -0.2) is 8.42 Å². The number of fused-ring (bicyclic) bond motifs is 1. The molecule has 1 unspecified atom stereocenters. The number of Topliss-reactive ketones (excluding diaryl/α,β-unsaturated/α-hetero) is 1. The Kier molecular flexibility index (Phi) is 5.27. The molecule has 148 valence electrons. The molecule has 1 aromatic carbocycles. The first kappa shape index (κ1) is 19.2. The van der Waals surface area contributed by atoms with E-state index in [0.29, 0.717) is 17.1 Å². The van der Waals surface area contributed by atoms with Crippen molar-refractivity contribution in [1.82, 2.24) is 5.32 Å². The summed E-state index contributed by atoms with van der Waals surface area (Å²) in [4.78, 5) is 13.1. The van der Waals surface area contributed by atoms with E-state index in [1.54, 1.807) is 11.4 Å².